The van der Waals surface area contributed by atoms with Crippen LogP contribution in [0.5, 0.6) is 0 Å². The summed E-state index contributed by atoms with van der Waals surface area (Å²) in [6, 6.07) is 5.15. The molecule has 18 heavy (non-hydrogen) atoms. The largest absolute Gasteiger partial charge is 0.393 e. The standard InChI is InChI=1S/C12H15IN2O3/c1-14(7-8-4-10(16)5-8)9-2-3-12(15(17)18)11(13)6-9/h2-3,6,8,10,16H,4-5,7H2,1H3. The Kier molecular flexibility index (Phi) is 4.06. The molecule has 0 heterocycles. The van der Waals surface area contributed by atoms with Gasteiger partial charge in [0.2, 0.25) is 0 Å². The van der Waals surface area contributed by atoms with Crippen molar-refractivity contribution in [2.24, 2.45) is 5.92 Å². The number of nitrogens with zero attached hydrogens (tertiary/aromatic N) is 2. The predicted octanol–water partition coefficient (Wildman–Crippen LogP) is 2.41. The molecule has 0 radical (unpaired) electrons. The van der Waals surface area contributed by atoms with E-state index in [9.17, 15) is 15.2 Å². The van der Waals surface area contributed by atoms with Crippen LogP contribution in [0.4, 0.5) is 11.4 Å². The minimum Gasteiger partial charge on any atom is -0.393 e. The summed E-state index contributed by atoms with van der Waals surface area (Å²) in [5, 5.41) is 20.0. The van der Waals surface area contributed by atoms with E-state index in [1.54, 1.807) is 12.1 Å². The number of anilines is 1. The Morgan fingerprint density at radius 1 is 1.56 bits per heavy atom. The Labute approximate surface area is 119 Å². The number of hydrogen-bond acceptors (Lipinski definition) is 4. The minimum atomic E-state index is -0.367. The molecule has 98 valence electrons. The molecule has 1 aromatic rings. The highest BCUT2D eigenvalue weighted by molar-refractivity contribution is 14.1. The quantitative estimate of drug-likeness (QED) is 0.508. The molecule has 1 aliphatic carbocycles. The smallest absolute Gasteiger partial charge is 0.282 e. The second-order valence-corrected chi connectivity index (χ2v) is 5.93. The summed E-state index contributed by atoms with van der Waals surface area (Å²) in [4.78, 5) is 12.5. The van der Waals surface area contributed by atoms with Crippen LogP contribution in [0.15, 0.2) is 18.2 Å². The summed E-state index contributed by atoms with van der Waals surface area (Å²) < 4.78 is 0.649. The maximum atomic E-state index is 10.7. The van der Waals surface area contributed by atoms with Crippen molar-refractivity contribution in [3.05, 3.63) is 31.9 Å². The van der Waals surface area contributed by atoms with Crippen LogP contribution in [-0.4, -0.2) is 29.7 Å². The van der Waals surface area contributed by atoms with Crippen LogP contribution < -0.4 is 4.90 Å². The molecule has 0 bridgehead atoms. The highest BCUT2D eigenvalue weighted by Crippen LogP contribution is 2.30. The Hall–Kier alpha value is -0.890. The predicted molar refractivity (Wildman–Crippen MR) is 77.8 cm³/mol. The molecule has 0 aliphatic heterocycles. The number of aliphatic hydroxyl groups excluding tert-OH is 1. The summed E-state index contributed by atoms with van der Waals surface area (Å²) in [7, 11) is 1.97. The zero-order valence-electron chi connectivity index (χ0n) is 10.0. The van der Waals surface area contributed by atoms with Gasteiger partial charge in [-0.05, 0) is 53.5 Å². The van der Waals surface area contributed by atoms with Crippen molar-refractivity contribution in [1.82, 2.24) is 0 Å². The Bertz CT molecular complexity index is 461. The fourth-order valence-corrected chi connectivity index (χ4v) is 2.92. The second-order valence-electron chi connectivity index (χ2n) is 4.76. The molecule has 0 aromatic heterocycles. The Morgan fingerprint density at radius 3 is 2.72 bits per heavy atom. The van der Waals surface area contributed by atoms with Crippen LogP contribution in [0.3, 0.4) is 0 Å². The number of halogens is 1. The van der Waals surface area contributed by atoms with Gasteiger partial charge in [-0.3, -0.25) is 10.1 Å². The van der Waals surface area contributed by atoms with Crippen LogP contribution in [0.2, 0.25) is 0 Å². The van der Waals surface area contributed by atoms with Crippen molar-refractivity contribution >= 4 is 34.0 Å². The van der Waals surface area contributed by atoms with Gasteiger partial charge in [0, 0.05) is 25.3 Å². The third kappa shape index (κ3) is 2.92. The van der Waals surface area contributed by atoms with Gasteiger partial charge in [-0.15, -0.1) is 0 Å². The van der Waals surface area contributed by atoms with E-state index in [2.05, 4.69) is 4.90 Å². The van der Waals surface area contributed by atoms with Crippen LogP contribution in [0.1, 0.15) is 12.8 Å². The summed E-state index contributed by atoms with van der Waals surface area (Å²) in [5.41, 5.74) is 1.12. The lowest BCUT2D eigenvalue weighted by Gasteiger charge is -2.35. The molecule has 6 heteroatoms. The van der Waals surface area contributed by atoms with Gasteiger partial charge in [-0.25, -0.2) is 0 Å². The van der Waals surface area contributed by atoms with Gasteiger partial charge in [-0.2, -0.15) is 0 Å². The SMILES string of the molecule is CN(CC1CC(O)C1)c1ccc([N+](=O)[O-])c(I)c1. The molecular weight excluding hydrogens is 347 g/mol. The van der Waals surface area contributed by atoms with Crippen molar-refractivity contribution in [2.75, 3.05) is 18.5 Å². The number of rotatable bonds is 4. The molecule has 0 atom stereocenters. The molecular formula is C12H15IN2O3. The molecule has 2 rings (SSSR count). The lowest BCUT2D eigenvalue weighted by Crippen LogP contribution is -2.37. The number of hydrogen-bond donors (Lipinski definition) is 1. The highest BCUT2D eigenvalue weighted by atomic mass is 127. The van der Waals surface area contributed by atoms with Gasteiger partial charge in [-0.1, -0.05) is 0 Å². The summed E-state index contributed by atoms with van der Waals surface area (Å²) in [6.07, 6.45) is 1.57. The van der Waals surface area contributed by atoms with E-state index >= 15 is 0 Å². The molecule has 1 saturated carbocycles. The van der Waals surface area contributed by atoms with Crippen LogP contribution >= 0.6 is 22.6 Å². The number of nitro benzene ring substituents is 1. The monoisotopic (exact) mass is 362 g/mol. The Balaban J connectivity index is 2.04. The minimum absolute atomic E-state index is 0.139. The number of benzene rings is 1. The lowest BCUT2D eigenvalue weighted by atomic mass is 9.82. The zero-order chi connectivity index (χ0) is 13.3. The highest BCUT2D eigenvalue weighted by Gasteiger charge is 2.28. The number of aliphatic hydroxyl groups is 1. The third-order valence-electron chi connectivity index (χ3n) is 3.31. The van der Waals surface area contributed by atoms with E-state index in [4.69, 9.17) is 0 Å². The lowest BCUT2D eigenvalue weighted by molar-refractivity contribution is -0.385. The first-order valence-electron chi connectivity index (χ1n) is 5.80. The van der Waals surface area contributed by atoms with Gasteiger partial charge in [0.15, 0.2) is 0 Å². The van der Waals surface area contributed by atoms with E-state index in [1.807, 2.05) is 35.7 Å². The molecule has 1 fully saturated rings. The molecule has 5 nitrogen and oxygen atoms in total. The summed E-state index contributed by atoms with van der Waals surface area (Å²) >= 11 is 1.99. The van der Waals surface area contributed by atoms with Crippen molar-refractivity contribution in [3.8, 4) is 0 Å². The van der Waals surface area contributed by atoms with Crippen molar-refractivity contribution in [2.45, 2.75) is 18.9 Å². The maximum Gasteiger partial charge on any atom is 0.282 e. The third-order valence-corrected chi connectivity index (χ3v) is 4.18. The summed E-state index contributed by atoms with van der Waals surface area (Å²) in [5.74, 6) is 0.526. The molecule has 0 saturated heterocycles. The maximum absolute atomic E-state index is 10.7. The van der Waals surface area contributed by atoms with E-state index < -0.39 is 0 Å². The molecule has 0 amide bonds. The van der Waals surface area contributed by atoms with Crippen LogP contribution in [0.25, 0.3) is 0 Å². The topological polar surface area (TPSA) is 66.6 Å². The molecule has 1 aromatic carbocycles. The van der Waals surface area contributed by atoms with Crippen molar-refractivity contribution < 1.29 is 10.0 Å². The first-order valence-corrected chi connectivity index (χ1v) is 6.88. The molecule has 0 spiro atoms. The zero-order valence-corrected chi connectivity index (χ0v) is 12.2. The van der Waals surface area contributed by atoms with Crippen molar-refractivity contribution in [3.63, 3.8) is 0 Å². The molecule has 1 aliphatic rings. The average Bonchev–Trinajstić information content (AvgIpc) is 2.26. The first kappa shape index (κ1) is 13.5. The van der Waals surface area contributed by atoms with Crippen LogP contribution in [0, 0.1) is 19.6 Å². The van der Waals surface area contributed by atoms with Gasteiger partial charge >= 0.3 is 0 Å². The number of nitro groups is 1. The van der Waals surface area contributed by atoms with E-state index in [0.717, 1.165) is 25.1 Å². The van der Waals surface area contributed by atoms with Crippen molar-refractivity contribution in [1.29, 1.82) is 0 Å². The normalized spacial score (nSPS) is 22.4. The second kappa shape index (κ2) is 5.40. The van der Waals surface area contributed by atoms with E-state index in [-0.39, 0.29) is 16.7 Å². The fraction of sp³-hybridized carbons (Fsp3) is 0.500. The van der Waals surface area contributed by atoms with E-state index in [1.165, 1.54) is 0 Å². The first-order chi connectivity index (χ1) is 8.47. The Morgan fingerprint density at radius 2 is 2.22 bits per heavy atom. The van der Waals surface area contributed by atoms with Gasteiger partial charge in [0.1, 0.15) is 0 Å². The molecule has 1 N–H and O–H groups in total. The van der Waals surface area contributed by atoms with Gasteiger partial charge in [0.05, 0.1) is 14.6 Å². The van der Waals surface area contributed by atoms with Gasteiger partial charge in [0.25, 0.3) is 5.69 Å². The van der Waals surface area contributed by atoms with E-state index in [0.29, 0.717) is 9.49 Å². The van der Waals surface area contributed by atoms with Crippen LogP contribution in [-0.2, 0) is 0 Å². The summed E-state index contributed by atoms with van der Waals surface area (Å²) in [6.45, 7) is 0.880. The average molecular weight is 362 g/mol. The van der Waals surface area contributed by atoms with Gasteiger partial charge < -0.3 is 10.0 Å². The molecule has 0 unspecified atom stereocenters. The fourth-order valence-electron chi connectivity index (χ4n) is 2.22.